The van der Waals surface area contributed by atoms with Gasteiger partial charge in [0, 0.05) is 0 Å². The van der Waals surface area contributed by atoms with Crippen LogP contribution in [0.5, 0.6) is 0 Å². The molecule has 1 unspecified atom stereocenters. The van der Waals surface area contributed by atoms with Crippen molar-refractivity contribution >= 4 is 13.1 Å². The SMILES string of the molecule is O=C1OCC(CC[B-](F)(F)F)O1.[K+]. The van der Waals surface area contributed by atoms with Crippen molar-refractivity contribution in [3.63, 3.8) is 0 Å². The minimum absolute atomic E-state index is 0. The number of ether oxygens (including phenoxy) is 2. The van der Waals surface area contributed by atoms with E-state index in [1.165, 1.54) is 0 Å². The third-order valence-corrected chi connectivity index (χ3v) is 1.47. The first kappa shape index (κ1) is 13.8. The summed E-state index contributed by atoms with van der Waals surface area (Å²) in [6, 6.07) is 0. The summed E-state index contributed by atoms with van der Waals surface area (Å²) in [5, 5.41) is 0. The van der Waals surface area contributed by atoms with Crippen LogP contribution in [-0.2, 0) is 9.47 Å². The molecule has 1 heterocycles. The maximum absolute atomic E-state index is 11.7. The second-order valence-electron chi connectivity index (χ2n) is 2.59. The fourth-order valence-corrected chi connectivity index (χ4v) is 0.882. The van der Waals surface area contributed by atoms with Crippen LogP contribution in [0, 0.1) is 0 Å². The first-order valence-electron chi connectivity index (χ1n) is 3.52. The standard InChI is InChI=1S/C5H7BF3O3.K/c7-6(8,9)2-1-4-3-11-5(10)12-4;/h4H,1-3H2;/q-1;+1. The molecule has 1 saturated heterocycles. The molecule has 13 heavy (non-hydrogen) atoms. The third kappa shape index (κ3) is 5.95. The number of rotatable bonds is 3. The van der Waals surface area contributed by atoms with Crippen LogP contribution in [0.1, 0.15) is 6.42 Å². The number of hydrogen-bond donors (Lipinski definition) is 0. The number of halogens is 3. The molecule has 1 aliphatic rings. The molecule has 1 atom stereocenters. The number of hydrogen-bond acceptors (Lipinski definition) is 3. The number of carbonyl (C=O) groups is 1. The molecule has 8 heteroatoms. The molecule has 70 valence electrons. The molecule has 0 aromatic carbocycles. The zero-order valence-electron chi connectivity index (χ0n) is 7.13. The summed E-state index contributed by atoms with van der Waals surface area (Å²) >= 11 is 0. The first-order valence-corrected chi connectivity index (χ1v) is 3.52. The van der Waals surface area contributed by atoms with Crippen molar-refractivity contribution in [1.29, 1.82) is 0 Å². The first-order chi connectivity index (χ1) is 5.47. The van der Waals surface area contributed by atoms with Gasteiger partial charge in [-0.05, 0) is 6.42 Å². The van der Waals surface area contributed by atoms with Gasteiger partial charge in [-0.25, -0.2) is 4.79 Å². The van der Waals surface area contributed by atoms with E-state index in [4.69, 9.17) is 0 Å². The average molecular weight is 222 g/mol. The van der Waals surface area contributed by atoms with Crippen LogP contribution >= 0.6 is 0 Å². The molecular formula is C5H7BF3KO3. The Balaban J connectivity index is 0.00000144. The minimum atomic E-state index is -4.78. The van der Waals surface area contributed by atoms with E-state index in [9.17, 15) is 17.7 Å². The topological polar surface area (TPSA) is 35.5 Å². The molecule has 0 amide bonds. The van der Waals surface area contributed by atoms with Gasteiger partial charge in [-0.2, -0.15) is 0 Å². The van der Waals surface area contributed by atoms with Gasteiger partial charge in [-0.15, -0.1) is 0 Å². The quantitative estimate of drug-likeness (QED) is 0.442. The van der Waals surface area contributed by atoms with Crippen LogP contribution in [0.4, 0.5) is 17.7 Å². The van der Waals surface area contributed by atoms with Crippen molar-refractivity contribution in [2.24, 2.45) is 0 Å². The van der Waals surface area contributed by atoms with E-state index < -0.39 is 25.6 Å². The molecule has 3 nitrogen and oxygen atoms in total. The van der Waals surface area contributed by atoms with Gasteiger partial charge >= 0.3 is 64.5 Å². The smallest absolute Gasteiger partial charge is 0.449 e. The fraction of sp³-hybridized carbons (Fsp3) is 0.800. The molecule has 1 fully saturated rings. The predicted molar refractivity (Wildman–Crippen MR) is 34.7 cm³/mol. The maximum atomic E-state index is 11.7. The second-order valence-corrected chi connectivity index (χ2v) is 2.59. The maximum Gasteiger partial charge on any atom is 1.00 e. The fourth-order valence-electron chi connectivity index (χ4n) is 0.882. The van der Waals surface area contributed by atoms with Gasteiger partial charge in [0.05, 0.1) is 0 Å². The Bertz CT molecular complexity index is 186. The molecular weight excluding hydrogens is 215 g/mol. The zero-order valence-corrected chi connectivity index (χ0v) is 10.3. The van der Waals surface area contributed by atoms with Crippen LogP contribution in [0.25, 0.3) is 0 Å². The number of cyclic esters (lactones) is 2. The van der Waals surface area contributed by atoms with Crippen molar-refractivity contribution in [3.05, 3.63) is 0 Å². The third-order valence-electron chi connectivity index (χ3n) is 1.47. The van der Waals surface area contributed by atoms with Crippen molar-refractivity contribution in [1.82, 2.24) is 0 Å². The molecule has 0 radical (unpaired) electrons. The normalized spacial score (nSPS) is 21.8. The Labute approximate surface area is 116 Å². The Kier molecular flexibility index (Phi) is 5.92. The Morgan fingerprint density at radius 2 is 2.08 bits per heavy atom. The Hall–Kier alpha value is 0.761. The van der Waals surface area contributed by atoms with E-state index in [-0.39, 0.29) is 64.4 Å². The molecule has 1 aliphatic heterocycles. The number of carbonyl (C=O) groups excluding carboxylic acids is 1. The minimum Gasteiger partial charge on any atom is -0.449 e. The van der Waals surface area contributed by atoms with Gasteiger partial charge in [-0.1, -0.05) is 6.32 Å². The molecule has 0 saturated carbocycles. The van der Waals surface area contributed by atoms with E-state index in [2.05, 4.69) is 9.47 Å². The van der Waals surface area contributed by atoms with Crippen molar-refractivity contribution in [2.75, 3.05) is 6.61 Å². The van der Waals surface area contributed by atoms with E-state index >= 15 is 0 Å². The van der Waals surface area contributed by atoms with Gasteiger partial charge in [0.2, 0.25) is 0 Å². The summed E-state index contributed by atoms with van der Waals surface area (Å²) in [4.78, 5) is 10.3. The van der Waals surface area contributed by atoms with Crippen molar-refractivity contribution < 1.29 is 78.6 Å². The molecule has 0 aromatic heterocycles. The zero-order chi connectivity index (χ0) is 9.19. The van der Waals surface area contributed by atoms with Crippen molar-refractivity contribution in [2.45, 2.75) is 18.8 Å². The van der Waals surface area contributed by atoms with Crippen LogP contribution in [0.2, 0.25) is 6.32 Å². The molecule has 0 aliphatic carbocycles. The summed E-state index contributed by atoms with van der Waals surface area (Å²) in [5.41, 5.74) is 0. The summed E-state index contributed by atoms with van der Waals surface area (Å²) in [7, 11) is 0. The molecule has 0 spiro atoms. The summed E-state index contributed by atoms with van der Waals surface area (Å²) in [6.07, 6.45) is -2.69. The monoisotopic (exact) mass is 222 g/mol. The van der Waals surface area contributed by atoms with Gasteiger partial charge in [0.25, 0.3) is 0 Å². The predicted octanol–water partition coefficient (Wildman–Crippen LogP) is -1.24. The molecule has 0 aromatic rings. The van der Waals surface area contributed by atoms with Gasteiger partial charge in [0.1, 0.15) is 12.7 Å². The van der Waals surface area contributed by atoms with E-state index in [1.54, 1.807) is 0 Å². The Morgan fingerprint density at radius 3 is 2.46 bits per heavy atom. The Morgan fingerprint density at radius 1 is 1.46 bits per heavy atom. The van der Waals surface area contributed by atoms with Crippen LogP contribution < -0.4 is 51.4 Å². The van der Waals surface area contributed by atoms with Gasteiger partial charge in [0.15, 0.2) is 0 Å². The van der Waals surface area contributed by atoms with Crippen molar-refractivity contribution in [3.8, 4) is 0 Å². The molecule has 0 bridgehead atoms. The summed E-state index contributed by atoms with van der Waals surface area (Å²) in [6.45, 7) is -4.85. The van der Waals surface area contributed by atoms with Crippen LogP contribution in [-0.4, -0.2) is 25.8 Å². The van der Waals surface area contributed by atoms with E-state index in [0.717, 1.165) is 0 Å². The summed E-state index contributed by atoms with van der Waals surface area (Å²) in [5.74, 6) is 0. The second kappa shape index (κ2) is 5.60. The van der Waals surface area contributed by atoms with Gasteiger partial charge < -0.3 is 22.4 Å². The molecule has 1 rings (SSSR count). The average Bonchev–Trinajstić information content (AvgIpc) is 2.30. The van der Waals surface area contributed by atoms with Crippen LogP contribution in [0.15, 0.2) is 0 Å². The van der Waals surface area contributed by atoms with Gasteiger partial charge in [-0.3, -0.25) is 0 Å². The van der Waals surface area contributed by atoms with Crippen LogP contribution in [0.3, 0.4) is 0 Å². The summed E-state index contributed by atoms with van der Waals surface area (Å²) < 4.78 is 43.8. The largest absolute Gasteiger partial charge is 1.00 e. The van der Waals surface area contributed by atoms with E-state index in [0.29, 0.717) is 0 Å². The van der Waals surface area contributed by atoms with E-state index in [1.807, 2.05) is 0 Å². The molecule has 0 N–H and O–H groups in total.